The molecule has 1 N–H and O–H groups in total. The van der Waals surface area contributed by atoms with E-state index in [1.165, 1.54) is 4.90 Å². The number of nitrogens with one attached hydrogen (secondary N) is 1. The largest absolute Gasteiger partial charge is 0.332 e. The van der Waals surface area contributed by atoms with Gasteiger partial charge in [0.1, 0.15) is 5.82 Å². The number of amides is 2. The Morgan fingerprint density at radius 3 is 2.79 bits per heavy atom. The van der Waals surface area contributed by atoms with Gasteiger partial charge in [-0.3, -0.25) is 9.59 Å². The van der Waals surface area contributed by atoms with Crippen LogP contribution in [-0.4, -0.2) is 35.3 Å². The third-order valence-electron chi connectivity index (χ3n) is 3.61. The summed E-state index contributed by atoms with van der Waals surface area (Å²) in [6.07, 6.45) is 1.68. The zero-order chi connectivity index (χ0) is 17.1. The Morgan fingerprint density at radius 2 is 2.04 bits per heavy atom. The molecule has 0 unspecified atom stereocenters. The van der Waals surface area contributed by atoms with Gasteiger partial charge in [-0.2, -0.15) is 0 Å². The summed E-state index contributed by atoms with van der Waals surface area (Å²) in [5.41, 5.74) is 1.59. The van der Waals surface area contributed by atoms with Crippen molar-refractivity contribution < 1.29 is 9.59 Å². The van der Waals surface area contributed by atoms with E-state index in [9.17, 15) is 9.59 Å². The SMILES string of the molecule is Cc1ccc(NC(=O)CN(C)C(=O)c2ccc3sccc3c2)nc1. The number of anilines is 1. The first-order valence-corrected chi connectivity index (χ1v) is 8.36. The lowest BCUT2D eigenvalue weighted by Crippen LogP contribution is -2.35. The highest BCUT2D eigenvalue weighted by molar-refractivity contribution is 7.17. The Bertz CT molecular complexity index is 887. The maximum atomic E-state index is 12.5. The number of hydrogen-bond acceptors (Lipinski definition) is 4. The van der Waals surface area contributed by atoms with E-state index >= 15 is 0 Å². The van der Waals surface area contributed by atoms with Gasteiger partial charge in [0.15, 0.2) is 0 Å². The fourth-order valence-corrected chi connectivity index (χ4v) is 3.10. The summed E-state index contributed by atoms with van der Waals surface area (Å²) < 4.78 is 1.14. The summed E-state index contributed by atoms with van der Waals surface area (Å²) in [6.45, 7) is 1.89. The molecule has 5 nitrogen and oxygen atoms in total. The molecule has 1 aromatic carbocycles. The second-order valence-corrected chi connectivity index (χ2v) is 6.55. The highest BCUT2D eigenvalue weighted by atomic mass is 32.1. The first-order chi connectivity index (χ1) is 11.5. The van der Waals surface area contributed by atoms with E-state index in [0.717, 1.165) is 15.6 Å². The molecule has 0 fully saturated rings. The number of thiophene rings is 1. The van der Waals surface area contributed by atoms with Crippen molar-refractivity contribution in [1.29, 1.82) is 0 Å². The minimum Gasteiger partial charge on any atom is -0.332 e. The molecule has 2 aromatic heterocycles. The van der Waals surface area contributed by atoms with Gasteiger partial charge in [-0.1, -0.05) is 6.07 Å². The molecule has 122 valence electrons. The summed E-state index contributed by atoms with van der Waals surface area (Å²) in [4.78, 5) is 30.1. The number of fused-ring (bicyclic) bond motifs is 1. The van der Waals surface area contributed by atoms with E-state index in [4.69, 9.17) is 0 Å². The second-order valence-electron chi connectivity index (χ2n) is 5.60. The van der Waals surface area contributed by atoms with Crippen molar-refractivity contribution in [2.75, 3.05) is 18.9 Å². The molecule has 0 saturated carbocycles. The lowest BCUT2D eigenvalue weighted by atomic mass is 10.1. The molecular formula is C18H17N3O2S. The number of benzene rings is 1. The smallest absolute Gasteiger partial charge is 0.254 e. The molecule has 0 atom stereocenters. The number of hydrogen-bond donors (Lipinski definition) is 1. The van der Waals surface area contributed by atoms with Crippen LogP contribution in [0.1, 0.15) is 15.9 Å². The molecule has 2 heterocycles. The predicted octanol–water partition coefficient (Wildman–Crippen LogP) is 3.32. The van der Waals surface area contributed by atoms with Gasteiger partial charge >= 0.3 is 0 Å². The van der Waals surface area contributed by atoms with Crippen LogP contribution in [0.25, 0.3) is 10.1 Å². The third kappa shape index (κ3) is 3.60. The van der Waals surface area contributed by atoms with E-state index in [-0.39, 0.29) is 18.4 Å². The highest BCUT2D eigenvalue weighted by Gasteiger charge is 2.15. The van der Waals surface area contributed by atoms with Crippen LogP contribution in [0.4, 0.5) is 5.82 Å². The Hall–Kier alpha value is -2.73. The molecule has 0 aliphatic carbocycles. The monoisotopic (exact) mass is 339 g/mol. The van der Waals surface area contributed by atoms with Crippen LogP contribution in [0, 0.1) is 6.92 Å². The van der Waals surface area contributed by atoms with Gasteiger partial charge in [0, 0.05) is 23.5 Å². The molecule has 0 spiro atoms. The average Bonchev–Trinajstić information content (AvgIpc) is 3.03. The van der Waals surface area contributed by atoms with Gasteiger partial charge in [-0.05, 0) is 53.6 Å². The van der Waals surface area contributed by atoms with Gasteiger partial charge in [0.2, 0.25) is 5.91 Å². The average molecular weight is 339 g/mol. The maximum absolute atomic E-state index is 12.5. The van der Waals surface area contributed by atoms with E-state index in [0.29, 0.717) is 11.4 Å². The van der Waals surface area contributed by atoms with Crippen LogP contribution in [0.3, 0.4) is 0 Å². The van der Waals surface area contributed by atoms with Crippen molar-refractivity contribution in [3.8, 4) is 0 Å². The molecule has 2 amide bonds. The Morgan fingerprint density at radius 1 is 1.21 bits per heavy atom. The number of carbonyl (C=O) groups excluding carboxylic acids is 2. The minimum absolute atomic E-state index is 0.0317. The first-order valence-electron chi connectivity index (χ1n) is 7.48. The summed E-state index contributed by atoms with van der Waals surface area (Å²) in [5.74, 6) is 0.0140. The summed E-state index contributed by atoms with van der Waals surface area (Å²) in [5, 5.41) is 5.72. The summed E-state index contributed by atoms with van der Waals surface area (Å²) in [6, 6.07) is 11.2. The zero-order valence-electron chi connectivity index (χ0n) is 13.4. The maximum Gasteiger partial charge on any atom is 0.254 e. The topological polar surface area (TPSA) is 62.3 Å². The number of pyridine rings is 1. The molecule has 6 heteroatoms. The standard InChI is InChI=1S/C18H17N3O2S/c1-12-3-6-16(19-10-12)20-17(22)11-21(2)18(23)14-4-5-15-13(9-14)7-8-24-15/h3-10H,11H2,1-2H3,(H,19,20,22). The van der Waals surface area contributed by atoms with Crippen LogP contribution in [0.15, 0.2) is 48.0 Å². The van der Waals surface area contributed by atoms with Crippen molar-refractivity contribution in [2.24, 2.45) is 0 Å². The minimum atomic E-state index is -0.279. The molecule has 0 aliphatic heterocycles. The summed E-state index contributed by atoms with van der Waals surface area (Å²) >= 11 is 1.63. The molecule has 0 saturated heterocycles. The number of aromatic nitrogens is 1. The van der Waals surface area contributed by atoms with Gasteiger partial charge < -0.3 is 10.2 Å². The zero-order valence-corrected chi connectivity index (χ0v) is 14.3. The Kier molecular flexibility index (Phi) is 4.57. The number of carbonyl (C=O) groups is 2. The van der Waals surface area contributed by atoms with E-state index in [2.05, 4.69) is 10.3 Å². The lowest BCUT2D eigenvalue weighted by molar-refractivity contribution is -0.116. The van der Waals surface area contributed by atoms with E-state index in [1.54, 1.807) is 36.7 Å². The molecule has 3 aromatic rings. The number of nitrogens with zero attached hydrogens (tertiary/aromatic N) is 2. The van der Waals surface area contributed by atoms with Crippen LogP contribution in [0.5, 0.6) is 0 Å². The second kappa shape index (κ2) is 6.80. The normalized spacial score (nSPS) is 10.6. The molecular weight excluding hydrogens is 322 g/mol. The fraction of sp³-hybridized carbons (Fsp3) is 0.167. The van der Waals surface area contributed by atoms with Crippen LogP contribution < -0.4 is 5.32 Å². The van der Waals surface area contributed by atoms with Crippen LogP contribution in [0.2, 0.25) is 0 Å². The van der Waals surface area contributed by atoms with Gasteiger partial charge in [0.25, 0.3) is 5.91 Å². The fourth-order valence-electron chi connectivity index (χ4n) is 2.33. The molecule has 0 bridgehead atoms. The van der Waals surface area contributed by atoms with Crippen molar-refractivity contribution in [3.05, 3.63) is 59.1 Å². The summed E-state index contributed by atoms with van der Waals surface area (Å²) in [7, 11) is 1.61. The predicted molar refractivity (Wildman–Crippen MR) is 96.4 cm³/mol. The van der Waals surface area contributed by atoms with E-state index in [1.807, 2.05) is 36.6 Å². The number of likely N-dealkylation sites (N-methyl/N-ethyl adjacent to an activating group) is 1. The van der Waals surface area contributed by atoms with Gasteiger partial charge in [-0.15, -0.1) is 11.3 Å². The van der Waals surface area contributed by atoms with Gasteiger partial charge in [-0.25, -0.2) is 4.98 Å². The van der Waals surface area contributed by atoms with Crippen molar-refractivity contribution >= 4 is 39.1 Å². The van der Waals surface area contributed by atoms with Crippen molar-refractivity contribution in [2.45, 2.75) is 6.92 Å². The number of aryl methyl sites for hydroxylation is 1. The first kappa shape index (κ1) is 16.1. The van der Waals surface area contributed by atoms with E-state index < -0.39 is 0 Å². The van der Waals surface area contributed by atoms with Crippen molar-refractivity contribution in [3.63, 3.8) is 0 Å². The highest BCUT2D eigenvalue weighted by Crippen LogP contribution is 2.22. The molecule has 0 radical (unpaired) electrons. The molecule has 24 heavy (non-hydrogen) atoms. The van der Waals surface area contributed by atoms with Gasteiger partial charge in [0.05, 0.1) is 6.54 Å². The lowest BCUT2D eigenvalue weighted by Gasteiger charge is -2.16. The van der Waals surface area contributed by atoms with Crippen molar-refractivity contribution in [1.82, 2.24) is 9.88 Å². The molecule has 0 aliphatic rings. The quantitative estimate of drug-likeness (QED) is 0.793. The molecule has 3 rings (SSSR count). The van der Waals surface area contributed by atoms with Crippen LogP contribution in [-0.2, 0) is 4.79 Å². The third-order valence-corrected chi connectivity index (χ3v) is 4.50. The van der Waals surface area contributed by atoms with Crippen LogP contribution >= 0.6 is 11.3 Å². The number of rotatable bonds is 4. The Balaban J connectivity index is 1.64. The Labute approximate surface area is 143 Å².